The summed E-state index contributed by atoms with van der Waals surface area (Å²) in [7, 11) is 0. The maximum absolute atomic E-state index is 12.2. The minimum atomic E-state index is -0.525. The molecule has 0 aliphatic heterocycles. The molecule has 0 unspecified atom stereocenters. The normalized spacial score (nSPS) is 23.9. The molecule has 1 amide bonds. The summed E-state index contributed by atoms with van der Waals surface area (Å²) in [6, 6.07) is 0. The van der Waals surface area contributed by atoms with E-state index in [9.17, 15) is 4.79 Å². The van der Waals surface area contributed by atoms with Crippen LogP contribution in [0.5, 0.6) is 0 Å². The van der Waals surface area contributed by atoms with Crippen molar-refractivity contribution in [2.75, 3.05) is 6.54 Å². The summed E-state index contributed by atoms with van der Waals surface area (Å²) in [5.41, 5.74) is 5.54. The Labute approximate surface area is 109 Å². The maximum Gasteiger partial charge on any atom is 0.233 e. The van der Waals surface area contributed by atoms with Gasteiger partial charge in [-0.05, 0) is 37.0 Å². The van der Waals surface area contributed by atoms with Crippen molar-refractivity contribution in [3.8, 4) is 0 Å². The van der Waals surface area contributed by atoms with Crippen molar-refractivity contribution in [1.29, 1.82) is 0 Å². The quantitative estimate of drug-likeness (QED) is 0.738. The van der Waals surface area contributed by atoms with Crippen LogP contribution in [0, 0.1) is 16.7 Å². The summed E-state index contributed by atoms with van der Waals surface area (Å²) >= 11 is 5.05. The van der Waals surface area contributed by atoms with Gasteiger partial charge in [-0.25, -0.2) is 0 Å². The SMILES string of the molecule is CC(C)C1(CNC(=O)C2(C(N)=S)CCC2)CC1. The maximum atomic E-state index is 12.2. The zero-order valence-corrected chi connectivity index (χ0v) is 11.5. The number of hydrogen-bond donors (Lipinski definition) is 2. The molecule has 0 aromatic heterocycles. The lowest BCUT2D eigenvalue weighted by Crippen LogP contribution is -2.54. The molecular formula is C13H22N2OS. The molecule has 0 heterocycles. The van der Waals surface area contributed by atoms with Crippen LogP contribution in [0.1, 0.15) is 46.0 Å². The Morgan fingerprint density at radius 2 is 1.94 bits per heavy atom. The van der Waals surface area contributed by atoms with Gasteiger partial charge in [0.2, 0.25) is 5.91 Å². The molecule has 2 aliphatic rings. The lowest BCUT2D eigenvalue weighted by Gasteiger charge is -2.39. The van der Waals surface area contributed by atoms with Gasteiger partial charge in [0.25, 0.3) is 0 Å². The number of rotatable bonds is 5. The first-order valence-corrected chi connectivity index (χ1v) is 6.92. The first kappa shape index (κ1) is 12.8. The third-order valence-corrected chi connectivity index (χ3v) is 5.22. The van der Waals surface area contributed by atoms with Crippen LogP contribution in [0.4, 0.5) is 0 Å². The molecule has 2 saturated carbocycles. The molecule has 3 nitrogen and oxygen atoms in total. The van der Waals surface area contributed by atoms with Crippen LogP contribution in [0.2, 0.25) is 0 Å². The lowest BCUT2D eigenvalue weighted by atomic mass is 9.68. The standard InChI is InChI=1S/C13H22N2OS/c1-9(2)12(6-7-12)8-15-11(16)13(10(14)17)4-3-5-13/h9H,3-8H2,1-2H3,(H2,14,17)(H,15,16). The Bertz CT molecular complexity index is 343. The van der Waals surface area contributed by atoms with Gasteiger partial charge in [-0.1, -0.05) is 32.5 Å². The minimum Gasteiger partial charge on any atom is -0.392 e. The molecule has 96 valence electrons. The van der Waals surface area contributed by atoms with Gasteiger partial charge in [0, 0.05) is 6.54 Å². The Hall–Kier alpha value is -0.640. The van der Waals surface area contributed by atoms with E-state index in [1.54, 1.807) is 0 Å². The monoisotopic (exact) mass is 254 g/mol. The van der Waals surface area contributed by atoms with E-state index in [1.807, 2.05) is 0 Å². The second-order valence-corrected chi connectivity index (χ2v) is 6.44. The molecule has 3 N–H and O–H groups in total. The summed E-state index contributed by atoms with van der Waals surface area (Å²) in [6.45, 7) is 5.24. The highest BCUT2D eigenvalue weighted by molar-refractivity contribution is 7.80. The number of carbonyl (C=O) groups excluding carboxylic acids is 1. The molecule has 2 aliphatic carbocycles. The molecule has 4 heteroatoms. The van der Waals surface area contributed by atoms with Gasteiger partial charge < -0.3 is 11.1 Å². The molecule has 0 atom stereocenters. The Balaban J connectivity index is 1.92. The summed E-state index contributed by atoms with van der Waals surface area (Å²) in [5, 5.41) is 3.08. The summed E-state index contributed by atoms with van der Waals surface area (Å²) in [6.07, 6.45) is 5.15. The fraction of sp³-hybridized carbons (Fsp3) is 0.846. The van der Waals surface area contributed by atoms with Crippen molar-refractivity contribution in [3.05, 3.63) is 0 Å². The van der Waals surface area contributed by atoms with Crippen molar-refractivity contribution >= 4 is 23.1 Å². The summed E-state index contributed by atoms with van der Waals surface area (Å²) < 4.78 is 0. The molecule has 0 radical (unpaired) electrons. The molecular weight excluding hydrogens is 232 g/mol. The highest BCUT2D eigenvalue weighted by Gasteiger charge is 2.49. The van der Waals surface area contributed by atoms with Crippen LogP contribution in [0.25, 0.3) is 0 Å². The second-order valence-electron chi connectivity index (χ2n) is 6.00. The zero-order valence-electron chi connectivity index (χ0n) is 10.7. The van der Waals surface area contributed by atoms with E-state index in [2.05, 4.69) is 19.2 Å². The first-order chi connectivity index (χ1) is 7.93. The van der Waals surface area contributed by atoms with Crippen molar-refractivity contribution in [2.45, 2.75) is 46.0 Å². The predicted molar refractivity (Wildman–Crippen MR) is 72.6 cm³/mol. The number of amides is 1. The number of thiocarbonyl (C=S) groups is 1. The topological polar surface area (TPSA) is 55.1 Å². The van der Waals surface area contributed by atoms with Crippen LogP contribution in [-0.4, -0.2) is 17.4 Å². The van der Waals surface area contributed by atoms with Gasteiger partial charge in [0.05, 0.1) is 10.4 Å². The number of nitrogens with one attached hydrogen (secondary N) is 1. The molecule has 0 bridgehead atoms. The van der Waals surface area contributed by atoms with Crippen LogP contribution in [0.15, 0.2) is 0 Å². The van der Waals surface area contributed by atoms with Crippen LogP contribution < -0.4 is 11.1 Å². The second kappa shape index (κ2) is 4.23. The molecule has 2 rings (SSSR count). The smallest absolute Gasteiger partial charge is 0.233 e. The van der Waals surface area contributed by atoms with E-state index in [-0.39, 0.29) is 5.91 Å². The summed E-state index contributed by atoms with van der Waals surface area (Å²) in [4.78, 5) is 12.6. The molecule has 17 heavy (non-hydrogen) atoms. The van der Waals surface area contributed by atoms with Crippen LogP contribution >= 0.6 is 12.2 Å². The third-order valence-electron chi connectivity index (χ3n) is 4.83. The van der Waals surface area contributed by atoms with Gasteiger partial charge in [-0.2, -0.15) is 0 Å². The highest BCUT2D eigenvalue weighted by atomic mass is 32.1. The average Bonchev–Trinajstić information content (AvgIpc) is 2.92. The molecule has 2 fully saturated rings. The van der Waals surface area contributed by atoms with Gasteiger partial charge in [-0.15, -0.1) is 0 Å². The largest absolute Gasteiger partial charge is 0.392 e. The van der Waals surface area contributed by atoms with E-state index in [0.717, 1.165) is 25.8 Å². The Morgan fingerprint density at radius 1 is 1.35 bits per heavy atom. The van der Waals surface area contributed by atoms with Crippen molar-refractivity contribution in [2.24, 2.45) is 22.5 Å². The highest BCUT2D eigenvalue weighted by Crippen LogP contribution is 2.51. The first-order valence-electron chi connectivity index (χ1n) is 6.51. The molecule has 0 saturated heterocycles. The van der Waals surface area contributed by atoms with Crippen molar-refractivity contribution < 1.29 is 4.79 Å². The Kier molecular flexibility index (Phi) is 3.19. The fourth-order valence-electron chi connectivity index (χ4n) is 2.66. The van der Waals surface area contributed by atoms with Gasteiger partial charge >= 0.3 is 0 Å². The summed E-state index contributed by atoms with van der Waals surface area (Å²) in [5.74, 6) is 0.688. The van der Waals surface area contributed by atoms with Gasteiger partial charge in [0.1, 0.15) is 0 Å². The van der Waals surface area contributed by atoms with Crippen LogP contribution in [0.3, 0.4) is 0 Å². The Morgan fingerprint density at radius 3 is 2.24 bits per heavy atom. The fourth-order valence-corrected chi connectivity index (χ4v) is 2.96. The third kappa shape index (κ3) is 2.07. The zero-order chi connectivity index (χ0) is 12.7. The lowest BCUT2D eigenvalue weighted by molar-refractivity contribution is -0.131. The van der Waals surface area contributed by atoms with Gasteiger partial charge in [-0.3, -0.25) is 4.79 Å². The molecule has 0 aromatic carbocycles. The molecule has 0 spiro atoms. The van der Waals surface area contributed by atoms with Crippen molar-refractivity contribution in [3.63, 3.8) is 0 Å². The van der Waals surface area contributed by atoms with E-state index in [1.165, 1.54) is 12.8 Å². The number of carbonyl (C=O) groups is 1. The van der Waals surface area contributed by atoms with E-state index >= 15 is 0 Å². The predicted octanol–water partition coefficient (Wildman–Crippen LogP) is 2.00. The number of hydrogen-bond acceptors (Lipinski definition) is 2. The minimum absolute atomic E-state index is 0.0585. The van der Waals surface area contributed by atoms with E-state index in [4.69, 9.17) is 18.0 Å². The molecule has 0 aromatic rings. The van der Waals surface area contributed by atoms with Gasteiger partial charge in [0.15, 0.2) is 0 Å². The average molecular weight is 254 g/mol. The van der Waals surface area contributed by atoms with E-state index in [0.29, 0.717) is 16.3 Å². The van der Waals surface area contributed by atoms with Crippen molar-refractivity contribution in [1.82, 2.24) is 5.32 Å². The number of nitrogens with two attached hydrogens (primary N) is 1. The van der Waals surface area contributed by atoms with Crippen LogP contribution in [-0.2, 0) is 4.79 Å². The van der Waals surface area contributed by atoms with E-state index < -0.39 is 5.41 Å².